The molecule has 3 atom stereocenters. The highest BCUT2D eigenvalue weighted by atomic mass is 16.6. The quantitative estimate of drug-likeness (QED) is 0.565. The van der Waals surface area contributed by atoms with E-state index in [0.29, 0.717) is 5.57 Å². The van der Waals surface area contributed by atoms with Gasteiger partial charge in [-0.1, -0.05) is 33.9 Å². The second-order valence-corrected chi connectivity index (χ2v) is 10.1. The van der Waals surface area contributed by atoms with E-state index in [1.54, 1.807) is 6.92 Å². The van der Waals surface area contributed by atoms with Gasteiger partial charge in [0.05, 0.1) is 12.2 Å². The molecule has 4 rings (SSSR count). The van der Waals surface area contributed by atoms with Crippen LogP contribution in [0.2, 0.25) is 0 Å². The predicted octanol–water partition coefficient (Wildman–Crippen LogP) is 3.71. The fourth-order valence-corrected chi connectivity index (χ4v) is 6.46. The van der Waals surface area contributed by atoms with Gasteiger partial charge in [0.15, 0.2) is 0 Å². The number of hydrogen-bond donors (Lipinski definition) is 1. The molecular weight excluding hydrogens is 344 g/mol. The number of rotatable bonds is 6. The Hall–Kier alpha value is -1.62. The average molecular weight is 376 g/mol. The Morgan fingerprint density at radius 3 is 2.11 bits per heavy atom. The first-order valence-corrected chi connectivity index (χ1v) is 9.78. The summed E-state index contributed by atoms with van der Waals surface area (Å²) in [6.45, 7) is 15.4. The van der Waals surface area contributed by atoms with Gasteiger partial charge >= 0.3 is 11.9 Å². The van der Waals surface area contributed by atoms with Crippen LogP contribution in [-0.4, -0.2) is 34.9 Å². The molecule has 0 spiro atoms. The monoisotopic (exact) mass is 376 g/mol. The van der Waals surface area contributed by atoms with E-state index in [-0.39, 0.29) is 35.3 Å². The maximum Gasteiger partial charge on any atom is 0.334 e. The molecule has 4 fully saturated rings. The van der Waals surface area contributed by atoms with Gasteiger partial charge in [0.25, 0.3) is 0 Å². The van der Waals surface area contributed by atoms with Gasteiger partial charge in [-0.2, -0.15) is 0 Å². The zero-order valence-electron chi connectivity index (χ0n) is 17.0. The van der Waals surface area contributed by atoms with Gasteiger partial charge < -0.3 is 14.6 Å². The topological polar surface area (TPSA) is 72.8 Å². The Morgan fingerprint density at radius 2 is 1.59 bits per heavy atom. The Bertz CT molecular complexity index is 687. The number of esters is 2. The fourth-order valence-electron chi connectivity index (χ4n) is 6.46. The SMILES string of the molecule is C=C(C)C(=O)OCCC(=C)C(=O)OC12CC3(C)CC(C)(CC(O)(C3)C1C)C2. The Morgan fingerprint density at radius 1 is 1.04 bits per heavy atom. The van der Waals surface area contributed by atoms with E-state index < -0.39 is 23.1 Å². The van der Waals surface area contributed by atoms with Gasteiger partial charge in [0.2, 0.25) is 0 Å². The number of carbonyl (C=O) groups excluding carboxylic acids is 2. The third kappa shape index (κ3) is 3.46. The van der Waals surface area contributed by atoms with Crippen molar-refractivity contribution in [3.8, 4) is 0 Å². The van der Waals surface area contributed by atoms with Gasteiger partial charge in [-0.05, 0) is 49.9 Å². The van der Waals surface area contributed by atoms with E-state index >= 15 is 0 Å². The minimum Gasteiger partial charge on any atom is -0.462 e. The Balaban J connectivity index is 1.69. The van der Waals surface area contributed by atoms with Crippen molar-refractivity contribution in [2.24, 2.45) is 16.7 Å². The molecule has 0 aromatic heterocycles. The van der Waals surface area contributed by atoms with Gasteiger partial charge in [-0.15, -0.1) is 0 Å². The highest BCUT2D eigenvalue weighted by molar-refractivity contribution is 5.89. The van der Waals surface area contributed by atoms with Crippen molar-refractivity contribution in [1.82, 2.24) is 0 Å². The van der Waals surface area contributed by atoms with E-state index in [1.165, 1.54) is 0 Å². The third-order valence-electron chi connectivity index (χ3n) is 6.94. The lowest BCUT2D eigenvalue weighted by molar-refractivity contribution is -0.289. The smallest absolute Gasteiger partial charge is 0.334 e. The summed E-state index contributed by atoms with van der Waals surface area (Å²) in [6, 6.07) is 0. The maximum atomic E-state index is 12.7. The summed E-state index contributed by atoms with van der Waals surface area (Å²) in [4.78, 5) is 24.2. The molecule has 27 heavy (non-hydrogen) atoms. The second-order valence-electron chi connectivity index (χ2n) is 10.1. The number of ether oxygens (including phenoxy) is 2. The summed E-state index contributed by atoms with van der Waals surface area (Å²) in [5.41, 5.74) is -0.843. The van der Waals surface area contributed by atoms with Gasteiger partial charge in [-0.3, -0.25) is 0 Å². The Kier molecular flexibility index (Phi) is 4.62. The van der Waals surface area contributed by atoms with Crippen LogP contribution in [0.15, 0.2) is 24.3 Å². The molecule has 0 aliphatic heterocycles. The van der Waals surface area contributed by atoms with Crippen molar-refractivity contribution in [3.63, 3.8) is 0 Å². The molecule has 0 amide bonds. The second kappa shape index (κ2) is 6.20. The van der Waals surface area contributed by atoms with Crippen LogP contribution in [0, 0.1) is 16.7 Å². The number of hydrogen-bond acceptors (Lipinski definition) is 5. The highest BCUT2D eigenvalue weighted by Gasteiger charge is 2.70. The van der Waals surface area contributed by atoms with Gasteiger partial charge in [0, 0.05) is 23.5 Å². The molecule has 4 bridgehead atoms. The number of aliphatic hydroxyl groups is 1. The molecule has 0 radical (unpaired) electrons. The Labute approximate surface area is 161 Å². The first-order chi connectivity index (χ1) is 12.3. The summed E-state index contributed by atoms with van der Waals surface area (Å²) in [6.07, 6.45) is 4.39. The van der Waals surface area contributed by atoms with Crippen LogP contribution >= 0.6 is 0 Å². The molecule has 0 aromatic rings. The van der Waals surface area contributed by atoms with Crippen LogP contribution in [0.25, 0.3) is 0 Å². The van der Waals surface area contributed by atoms with Crippen LogP contribution < -0.4 is 0 Å². The van der Waals surface area contributed by atoms with E-state index in [1.807, 2.05) is 6.92 Å². The lowest BCUT2D eigenvalue weighted by Crippen LogP contribution is -2.71. The molecule has 4 aliphatic rings. The maximum absolute atomic E-state index is 12.7. The number of carbonyl (C=O) groups is 2. The molecule has 150 valence electrons. The largest absolute Gasteiger partial charge is 0.462 e. The van der Waals surface area contributed by atoms with Gasteiger partial charge in [0.1, 0.15) is 5.60 Å². The zero-order valence-corrected chi connectivity index (χ0v) is 17.0. The summed E-state index contributed by atoms with van der Waals surface area (Å²) in [5.74, 6) is -1.04. The lowest BCUT2D eigenvalue weighted by Gasteiger charge is -2.69. The van der Waals surface area contributed by atoms with Crippen molar-refractivity contribution in [3.05, 3.63) is 24.3 Å². The summed E-state index contributed by atoms with van der Waals surface area (Å²) >= 11 is 0. The molecule has 0 saturated heterocycles. The molecule has 4 saturated carbocycles. The van der Waals surface area contributed by atoms with Crippen LogP contribution in [-0.2, 0) is 19.1 Å². The molecule has 5 heteroatoms. The van der Waals surface area contributed by atoms with Crippen molar-refractivity contribution in [2.75, 3.05) is 6.61 Å². The highest BCUT2D eigenvalue weighted by Crippen LogP contribution is 2.70. The fraction of sp³-hybridized carbons (Fsp3) is 0.727. The normalized spacial score (nSPS) is 41.9. The van der Waals surface area contributed by atoms with E-state index in [0.717, 1.165) is 32.1 Å². The minimum atomic E-state index is -0.781. The predicted molar refractivity (Wildman–Crippen MR) is 102 cm³/mol. The molecule has 3 unspecified atom stereocenters. The molecule has 1 N–H and O–H groups in total. The van der Waals surface area contributed by atoms with Crippen molar-refractivity contribution < 1.29 is 24.2 Å². The molecule has 5 nitrogen and oxygen atoms in total. The summed E-state index contributed by atoms with van der Waals surface area (Å²) in [5, 5.41) is 11.3. The van der Waals surface area contributed by atoms with E-state index in [9.17, 15) is 14.7 Å². The van der Waals surface area contributed by atoms with Crippen molar-refractivity contribution in [1.29, 1.82) is 0 Å². The molecule has 4 aliphatic carbocycles. The van der Waals surface area contributed by atoms with Crippen LogP contribution in [0.5, 0.6) is 0 Å². The average Bonchev–Trinajstić information content (AvgIpc) is 2.49. The van der Waals surface area contributed by atoms with Gasteiger partial charge in [-0.25, -0.2) is 9.59 Å². The third-order valence-corrected chi connectivity index (χ3v) is 6.94. The minimum absolute atomic E-state index is 0.00879. The standard InChI is InChI=1S/C22H32O5/c1-14(2)17(23)26-8-7-15(3)18(24)27-22-12-19(5)9-20(6,13-22)11-21(25,10-19)16(22)4/h16,25H,1,3,7-13H2,2,4-6H3. The molecule has 0 aromatic carbocycles. The molecular formula is C22H32O5. The zero-order chi connectivity index (χ0) is 20.3. The van der Waals surface area contributed by atoms with Crippen LogP contribution in [0.1, 0.15) is 66.2 Å². The van der Waals surface area contributed by atoms with Crippen LogP contribution in [0.3, 0.4) is 0 Å². The summed E-state index contributed by atoms with van der Waals surface area (Å²) in [7, 11) is 0. The van der Waals surface area contributed by atoms with E-state index in [2.05, 4.69) is 27.0 Å². The first kappa shape index (κ1) is 20.1. The van der Waals surface area contributed by atoms with E-state index in [4.69, 9.17) is 9.47 Å². The lowest BCUT2D eigenvalue weighted by atomic mass is 9.39. The summed E-state index contributed by atoms with van der Waals surface area (Å²) < 4.78 is 11.1. The van der Waals surface area contributed by atoms with Crippen molar-refractivity contribution >= 4 is 11.9 Å². The molecule has 0 heterocycles. The van der Waals surface area contributed by atoms with Crippen LogP contribution in [0.4, 0.5) is 0 Å². The first-order valence-electron chi connectivity index (χ1n) is 9.78. The van der Waals surface area contributed by atoms with Crippen molar-refractivity contribution in [2.45, 2.75) is 77.4 Å².